The minimum absolute atomic E-state index is 0.0206. The molecule has 0 aliphatic carbocycles. The van der Waals surface area contributed by atoms with Gasteiger partial charge in [-0.25, -0.2) is 22.0 Å². The van der Waals surface area contributed by atoms with Crippen LogP contribution in [0.5, 0.6) is 5.75 Å². The summed E-state index contributed by atoms with van der Waals surface area (Å²) in [6, 6.07) is 3.05. The van der Waals surface area contributed by atoms with Crippen LogP contribution in [0.15, 0.2) is 21.5 Å². The molecule has 0 aromatic heterocycles. The third-order valence-corrected chi connectivity index (χ3v) is 4.82. The first-order chi connectivity index (χ1) is 9.00. The molecule has 0 heterocycles. The average Bonchev–Trinajstić information content (AvgIpc) is 2.23. The Morgan fingerprint density at radius 3 is 2.35 bits per heavy atom. The number of halogens is 1. The van der Waals surface area contributed by atoms with E-state index in [0.29, 0.717) is 10.0 Å². The number of aryl methyl sites for hydroxylation is 1. The summed E-state index contributed by atoms with van der Waals surface area (Å²) in [7, 11) is -6.98. The molecule has 0 spiro atoms. The summed E-state index contributed by atoms with van der Waals surface area (Å²) in [5.41, 5.74) is 0.600. The lowest BCUT2D eigenvalue weighted by Crippen LogP contribution is -2.16. The minimum atomic E-state index is -3.92. The fourth-order valence-corrected chi connectivity index (χ4v) is 3.73. The van der Waals surface area contributed by atoms with E-state index in [4.69, 9.17) is 9.88 Å². The van der Waals surface area contributed by atoms with E-state index in [9.17, 15) is 16.8 Å². The third kappa shape index (κ3) is 5.39. The van der Waals surface area contributed by atoms with Crippen molar-refractivity contribution in [2.24, 2.45) is 5.14 Å². The molecule has 0 unspecified atom stereocenters. The second-order valence-electron chi connectivity index (χ2n) is 4.43. The van der Waals surface area contributed by atoms with Crippen LogP contribution in [0.1, 0.15) is 12.0 Å². The van der Waals surface area contributed by atoms with Gasteiger partial charge in [-0.1, -0.05) is 15.9 Å². The normalized spacial score (nSPS) is 12.4. The lowest BCUT2D eigenvalue weighted by atomic mass is 10.2. The van der Waals surface area contributed by atoms with E-state index < -0.39 is 19.9 Å². The molecule has 0 atom stereocenters. The summed E-state index contributed by atoms with van der Waals surface area (Å²) in [6.45, 7) is 1.78. The lowest BCUT2D eigenvalue weighted by molar-refractivity contribution is 0.307. The highest BCUT2D eigenvalue weighted by Gasteiger charge is 2.18. The zero-order valence-corrected chi connectivity index (χ0v) is 14.3. The van der Waals surface area contributed by atoms with Crippen molar-refractivity contribution in [1.29, 1.82) is 0 Å². The molecule has 6 nitrogen and oxygen atoms in total. The van der Waals surface area contributed by atoms with E-state index in [2.05, 4.69) is 15.9 Å². The number of primary sulfonamides is 1. The van der Waals surface area contributed by atoms with Gasteiger partial charge >= 0.3 is 0 Å². The third-order valence-electron chi connectivity index (χ3n) is 2.42. The molecule has 0 bridgehead atoms. The van der Waals surface area contributed by atoms with Crippen LogP contribution in [-0.4, -0.2) is 35.5 Å². The van der Waals surface area contributed by atoms with Gasteiger partial charge in [-0.15, -0.1) is 0 Å². The Balaban J connectivity index is 2.95. The smallest absolute Gasteiger partial charge is 0.241 e. The predicted molar refractivity (Wildman–Crippen MR) is 80.1 cm³/mol. The van der Waals surface area contributed by atoms with Crippen LogP contribution in [0.25, 0.3) is 0 Å². The highest BCUT2D eigenvalue weighted by molar-refractivity contribution is 9.10. The first-order valence-corrected chi connectivity index (χ1v) is 10.0. The SMILES string of the molecule is Cc1cc(Br)cc(S(N)(=O)=O)c1OCCCS(C)(=O)=O. The van der Waals surface area contributed by atoms with Gasteiger partial charge < -0.3 is 4.74 Å². The van der Waals surface area contributed by atoms with Gasteiger partial charge in [0.1, 0.15) is 20.5 Å². The van der Waals surface area contributed by atoms with Crippen molar-refractivity contribution in [1.82, 2.24) is 0 Å². The van der Waals surface area contributed by atoms with Gasteiger partial charge in [-0.3, -0.25) is 0 Å². The molecule has 9 heteroatoms. The van der Waals surface area contributed by atoms with E-state index in [1.807, 2.05) is 0 Å². The zero-order valence-electron chi connectivity index (χ0n) is 11.1. The molecule has 0 radical (unpaired) electrons. The van der Waals surface area contributed by atoms with E-state index in [-0.39, 0.29) is 29.4 Å². The topological polar surface area (TPSA) is 104 Å². The Bertz CT molecular complexity index is 698. The van der Waals surface area contributed by atoms with Crippen molar-refractivity contribution < 1.29 is 21.6 Å². The first-order valence-electron chi connectivity index (χ1n) is 5.64. The van der Waals surface area contributed by atoms with Crippen LogP contribution in [-0.2, 0) is 19.9 Å². The molecule has 0 amide bonds. The maximum atomic E-state index is 11.5. The Morgan fingerprint density at radius 2 is 1.85 bits per heavy atom. The quantitative estimate of drug-likeness (QED) is 0.741. The molecule has 20 heavy (non-hydrogen) atoms. The number of ether oxygens (including phenoxy) is 1. The number of sulfonamides is 1. The molecule has 0 aliphatic rings. The van der Waals surface area contributed by atoms with Crippen molar-refractivity contribution >= 4 is 35.8 Å². The van der Waals surface area contributed by atoms with E-state index in [1.54, 1.807) is 13.0 Å². The number of rotatable bonds is 6. The number of hydrogen-bond acceptors (Lipinski definition) is 5. The summed E-state index contributed by atoms with van der Waals surface area (Å²) >= 11 is 3.19. The summed E-state index contributed by atoms with van der Waals surface area (Å²) in [5.74, 6) is 0.136. The summed E-state index contributed by atoms with van der Waals surface area (Å²) in [6.07, 6.45) is 1.41. The highest BCUT2D eigenvalue weighted by Crippen LogP contribution is 2.31. The first kappa shape index (κ1) is 17.4. The molecular weight excluding hydrogens is 370 g/mol. The van der Waals surface area contributed by atoms with Gasteiger partial charge in [-0.2, -0.15) is 0 Å². The Morgan fingerprint density at radius 1 is 1.25 bits per heavy atom. The molecule has 0 fully saturated rings. The lowest BCUT2D eigenvalue weighted by Gasteiger charge is -2.13. The van der Waals surface area contributed by atoms with Crippen LogP contribution < -0.4 is 9.88 Å². The minimum Gasteiger partial charge on any atom is -0.492 e. The Kier molecular flexibility index (Phi) is 5.59. The average molecular weight is 386 g/mol. The van der Waals surface area contributed by atoms with Gasteiger partial charge in [0.15, 0.2) is 0 Å². The van der Waals surface area contributed by atoms with Gasteiger partial charge in [0, 0.05) is 10.7 Å². The molecule has 0 saturated heterocycles. The fraction of sp³-hybridized carbons (Fsp3) is 0.455. The summed E-state index contributed by atoms with van der Waals surface area (Å²) in [5, 5.41) is 5.14. The number of sulfone groups is 1. The number of benzene rings is 1. The van der Waals surface area contributed by atoms with E-state index in [1.165, 1.54) is 6.07 Å². The predicted octanol–water partition coefficient (Wildman–Crippen LogP) is 1.22. The van der Waals surface area contributed by atoms with Crippen LogP contribution in [0, 0.1) is 6.92 Å². The van der Waals surface area contributed by atoms with Crippen molar-refractivity contribution in [3.63, 3.8) is 0 Å². The van der Waals surface area contributed by atoms with Crippen molar-refractivity contribution in [3.8, 4) is 5.75 Å². The van der Waals surface area contributed by atoms with Gasteiger partial charge in [-0.05, 0) is 31.0 Å². The molecule has 1 aromatic carbocycles. The van der Waals surface area contributed by atoms with E-state index in [0.717, 1.165) is 6.26 Å². The van der Waals surface area contributed by atoms with Crippen molar-refractivity contribution in [2.45, 2.75) is 18.2 Å². The summed E-state index contributed by atoms with van der Waals surface area (Å²) in [4.78, 5) is -0.122. The highest BCUT2D eigenvalue weighted by atomic mass is 79.9. The molecule has 2 N–H and O–H groups in total. The van der Waals surface area contributed by atoms with Crippen molar-refractivity contribution in [2.75, 3.05) is 18.6 Å². The molecular formula is C11H16BrNO5S2. The van der Waals surface area contributed by atoms with Crippen LogP contribution in [0.3, 0.4) is 0 Å². The van der Waals surface area contributed by atoms with Gasteiger partial charge in [0.2, 0.25) is 10.0 Å². The molecule has 0 aliphatic heterocycles. The standard InChI is InChI=1S/C11H16BrNO5S2/c1-8-6-9(12)7-10(20(13,16)17)11(8)18-4-3-5-19(2,14)15/h6-7H,3-5H2,1-2H3,(H2,13,16,17). The molecule has 114 valence electrons. The number of nitrogens with two attached hydrogens (primary N) is 1. The maximum absolute atomic E-state index is 11.5. The largest absolute Gasteiger partial charge is 0.492 e. The molecule has 0 saturated carbocycles. The second-order valence-corrected chi connectivity index (χ2v) is 9.13. The Labute approximate surface area is 127 Å². The Hall–Kier alpha value is -0.640. The summed E-state index contributed by atoms with van der Waals surface area (Å²) < 4.78 is 51.0. The van der Waals surface area contributed by atoms with Crippen LogP contribution >= 0.6 is 15.9 Å². The fourth-order valence-electron chi connectivity index (χ4n) is 1.59. The maximum Gasteiger partial charge on any atom is 0.241 e. The van der Waals surface area contributed by atoms with Crippen LogP contribution in [0.2, 0.25) is 0 Å². The molecule has 1 rings (SSSR count). The van der Waals surface area contributed by atoms with Crippen molar-refractivity contribution in [3.05, 3.63) is 22.2 Å². The van der Waals surface area contributed by atoms with Gasteiger partial charge in [0.25, 0.3) is 0 Å². The molecule has 1 aromatic rings. The second kappa shape index (κ2) is 6.42. The van der Waals surface area contributed by atoms with Gasteiger partial charge in [0.05, 0.1) is 12.4 Å². The monoisotopic (exact) mass is 385 g/mol. The number of hydrogen-bond donors (Lipinski definition) is 1. The van der Waals surface area contributed by atoms with E-state index >= 15 is 0 Å². The zero-order chi connectivity index (χ0) is 15.6. The van der Waals surface area contributed by atoms with Crippen LogP contribution in [0.4, 0.5) is 0 Å².